The molecule has 1 amide bonds. The molecule has 2 saturated heterocycles. The van der Waals surface area contributed by atoms with Crippen LogP contribution in [0.15, 0.2) is 27.6 Å². The topological polar surface area (TPSA) is 131 Å². The lowest BCUT2D eigenvalue weighted by Crippen LogP contribution is -2.66. The second-order valence-electron chi connectivity index (χ2n) is 15.0. The van der Waals surface area contributed by atoms with E-state index in [1.807, 2.05) is 0 Å². The molecule has 2 aliphatic heterocycles. The Morgan fingerprint density at radius 2 is 1.80 bits per heavy atom. The van der Waals surface area contributed by atoms with Gasteiger partial charge in [-0.25, -0.2) is 9.59 Å². The Kier molecular flexibility index (Phi) is 7.66. The van der Waals surface area contributed by atoms with Crippen LogP contribution in [0.4, 0.5) is 4.79 Å². The maximum absolute atomic E-state index is 13.0. The predicted octanol–water partition coefficient (Wildman–Crippen LogP) is 3.32. The molecule has 0 unspecified atom stereocenters. The molecule has 1 aromatic rings. The number of esters is 1. The molecule has 0 aromatic carbocycles. The number of carbonyl (C=O) groups is 2. The highest BCUT2D eigenvalue weighted by atomic mass is 16.7. The van der Waals surface area contributed by atoms with Gasteiger partial charge in [0, 0.05) is 57.0 Å². The lowest BCUT2D eigenvalue weighted by molar-refractivity contribution is -0.218. The molecule has 11 nitrogen and oxygen atoms in total. The van der Waals surface area contributed by atoms with Gasteiger partial charge in [-0.15, -0.1) is 0 Å². The van der Waals surface area contributed by atoms with E-state index in [0.29, 0.717) is 39.2 Å². The van der Waals surface area contributed by atoms with Crippen LogP contribution in [0.5, 0.6) is 0 Å². The molecule has 248 valence electrons. The molecular formula is C34H48N2O9. The minimum absolute atomic E-state index is 0.0931. The van der Waals surface area contributed by atoms with Crippen LogP contribution in [0.2, 0.25) is 0 Å². The smallest absolute Gasteiger partial charge is 0.409 e. The van der Waals surface area contributed by atoms with Crippen molar-refractivity contribution in [1.29, 1.82) is 0 Å². The average Bonchev–Trinajstić information content (AvgIpc) is 3.72. The van der Waals surface area contributed by atoms with E-state index in [-0.39, 0.29) is 52.8 Å². The number of hydrogen-bond donors (Lipinski definition) is 1. The van der Waals surface area contributed by atoms with Crippen LogP contribution in [0.25, 0.3) is 0 Å². The van der Waals surface area contributed by atoms with Gasteiger partial charge < -0.3 is 33.4 Å². The Bertz CT molecular complexity index is 1360. The summed E-state index contributed by atoms with van der Waals surface area (Å²) in [5, 5.41) is 12.4. The molecular weight excluding hydrogens is 580 g/mol. The number of carbonyl (C=O) groups excluding carboxylic acids is 2. The zero-order valence-electron chi connectivity index (χ0n) is 27.0. The zero-order chi connectivity index (χ0) is 31.8. The van der Waals surface area contributed by atoms with E-state index in [9.17, 15) is 19.5 Å². The highest BCUT2D eigenvalue weighted by molar-refractivity contribution is 5.68. The number of epoxide rings is 1. The first kappa shape index (κ1) is 31.1. The monoisotopic (exact) mass is 628 g/mol. The third-order valence-electron chi connectivity index (χ3n) is 13.2. The summed E-state index contributed by atoms with van der Waals surface area (Å²) in [4.78, 5) is 41.1. The lowest BCUT2D eigenvalue weighted by Gasteiger charge is -2.64. The van der Waals surface area contributed by atoms with Gasteiger partial charge in [0.05, 0.1) is 25.1 Å². The Morgan fingerprint density at radius 1 is 1.07 bits per heavy atom. The molecule has 10 atom stereocenters. The maximum Gasteiger partial charge on any atom is 0.409 e. The molecule has 1 spiro atoms. The molecule has 0 bridgehead atoms. The van der Waals surface area contributed by atoms with E-state index in [1.165, 1.54) is 19.3 Å². The van der Waals surface area contributed by atoms with Crippen molar-refractivity contribution in [1.82, 2.24) is 9.80 Å². The summed E-state index contributed by atoms with van der Waals surface area (Å²) >= 11 is 0. The van der Waals surface area contributed by atoms with Crippen molar-refractivity contribution in [3.05, 3.63) is 34.4 Å². The van der Waals surface area contributed by atoms with Crippen molar-refractivity contribution >= 4 is 12.1 Å². The number of nitrogens with zero attached hydrogens (tertiary/aromatic N) is 2. The van der Waals surface area contributed by atoms with Gasteiger partial charge in [0.25, 0.3) is 0 Å². The van der Waals surface area contributed by atoms with Crippen LogP contribution in [-0.4, -0.2) is 103 Å². The van der Waals surface area contributed by atoms with Crippen molar-refractivity contribution in [3.63, 3.8) is 0 Å². The second kappa shape index (κ2) is 11.1. The predicted molar refractivity (Wildman–Crippen MR) is 161 cm³/mol. The lowest BCUT2D eigenvalue weighted by atomic mass is 9.42. The van der Waals surface area contributed by atoms with Crippen LogP contribution in [-0.2, 0) is 23.7 Å². The number of rotatable bonds is 6. The Labute approximate surface area is 264 Å². The van der Waals surface area contributed by atoms with E-state index in [1.54, 1.807) is 18.0 Å². The summed E-state index contributed by atoms with van der Waals surface area (Å²) in [5.74, 6) is -0.0761. The molecule has 3 heterocycles. The second-order valence-corrected chi connectivity index (χ2v) is 15.0. The Morgan fingerprint density at radius 3 is 2.51 bits per heavy atom. The minimum atomic E-state index is -0.912. The van der Waals surface area contributed by atoms with E-state index in [2.05, 4.69) is 18.7 Å². The first-order chi connectivity index (χ1) is 21.4. The summed E-state index contributed by atoms with van der Waals surface area (Å²) < 4.78 is 29.0. The Balaban J connectivity index is 1.07. The molecule has 6 aliphatic rings. The fourth-order valence-corrected chi connectivity index (χ4v) is 10.8. The summed E-state index contributed by atoms with van der Waals surface area (Å²) in [5.41, 5.74) is -1.60. The standard InChI is InChI=1S/C34H48N2O9/c1-21(37)44-28-27(22-5-6-26(38)43-20-22)32(3)11-8-24-25(34(32)29(28)45-34)9-12-33(40)19-23(7-10-31(24,33)2)35(4)30(39)42-18-15-36-13-16-41-17-14-36/h5-6,20,23-25,27-29,40H,7-19H2,1-4H3/t23-,24-,25+,27-,28+,29+,31+,32+,33-,34+/m0/s1. The van der Waals surface area contributed by atoms with Crippen LogP contribution >= 0.6 is 0 Å². The first-order valence-electron chi connectivity index (χ1n) is 16.8. The van der Waals surface area contributed by atoms with Gasteiger partial charge in [-0.05, 0) is 73.8 Å². The molecule has 0 radical (unpaired) electrons. The van der Waals surface area contributed by atoms with Gasteiger partial charge >= 0.3 is 17.7 Å². The van der Waals surface area contributed by atoms with Gasteiger partial charge in [0.2, 0.25) is 0 Å². The largest absolute Gasteiger partial charge is 0.459 e. The van der Waals surface area contributed by atoms with E-state index in [4.69, 9.17) is 23.4 Å². The van der Waals surface area contributed by atoms with Crippen molar-refractivity contribution in [2.45, 2.75) is 101 Å². The van der Waals surface area contributed by atoms with E-state index < -0.39 is 22.9 Å². The summed E-state index contributed by atoms with van der Waals surface area (Å²) in [6, 6.07) is 3.14. The number of amides is 1. The fourth-order valence-electron chi connectivity index (χ4n) is 10.8. The molecule has 11 heteroatoms. The normalized spacial score (nSPS) is 43.7. The van der Waals surface area contributed by atoms with Gasteiger partial charge in [0.15, 0.2) is 0 Å². The zero-order valence-corrected chi connectivity index (χ0v) is 27.0. The van der Waals surface area contributed by atoms with Gasteiger partial charge in [0.1, 0.15) is 24.4 Å². The number of ether oxygens (including phenoxy) is 4. The van der Waals surface area contributed by atoms with Crippen LogP contribution in [0.1, 0.15) is 77.2 Å². The third kappa shape index (κ3) is 4.70. The van der Waals surface area contributed by atoms with E-state index >= 15 is 0 Å². The average molecular weight is 629 g/mol. The number of aliphatic hydroxyl groups is 1. The molecule has 7 rings (SSSR count). The van der Waals surface area contributed by atoms with E-state index in [0.717, 1.165) is 50.8 Å². The third-order valence-corrected chi connectivity index (χ3v) is 13.2. The number of morpholine rings is 1. The minimum Gasteiger partial charge on any atom is -0.459 e. The van der Waals surface area contributed by atoms with Crippen LogP contribution in [0.3, 0.4) is 0 Å². The molecule has 6 fully saturated rings. The quantitative estimate of drug-likeness (QED) is 0.370. The first-order valence-corrected chi connectivity index (χ1v) is 16.8. The molecule has 4 saturated carbocycles. The van der Waals surface area contributed by atoms with Gasteiger partial charge in [-0.3, -0.25) is 9.69 Å². The highest BCUT2D eigenvalue weighted by Gasteiger charge is 2.85. The van der Waals surface area contributed by atoms with Crippen molar-refractivity contribution < 1.29 is 38.1 Å². The van der Waals surface area contributed by atoms with Crippen molar-refractivity contribution in [3.8, 4) is 0 Å². The summed E-state index contributed by atoms with van der Waals surface area (Å²) in [6.07, 6.45) is 5.80. The summed E-state index contributed by atoms with van der Waals surface area (Å²) in [6.45, 7) is 10.1. The fraction of sp³-hybridized carbons (Fsp3) is 0.794. The molecule has 4 aliphatic carbocycles. The molecule has 1 aromatic heterocycles. The number of fused-ring (bicyclic) bond motifs is 3. The van der Waals surface area contributed by atoms with Gasteiger partial charge in [-0.1, -0.05) is 13.8 Å². The maximum atomic E-state index is 13.0. The highest BCUT2D eigenvalue weighted by Crippen LogP contribution is 2.78. The van der Waals surface area contributed by atoms with Crippen LogP contribution in [0, 0.1) is 22.7 Å². The van der Waals surface area contributed by atoms with Crippen LogP contribution < -0.4 is 5.63 Å². The summed E-state index contributed by atoms with van der Waals surface area (Å²) in [7, 11) is 1.80. The van der Waals surface area contributed by atoms with Crippen molar-refractivity contribution in [2.24, 2.45) is 22.7 Å². The van der Waals surface area contributed by atoms with Crippen molar-refractivity contribution in [2.75, 3.05) is 46.5 Å². The number of hydrogen-bond acceptors (Lipinski definition) is 10. The molecule has 45 heavy (non-hydrogen) atoms. The molecule has 1 N–H and O–H groups in total. The van der Waals surface area contributed by atoms with Gasteiger partial charge in [-0.2, -0.15) is 0 Å². The SMILES string of the molecule is CC(=O)O[C@H]1[C@H]2O[C@]23[C@@H]2CC[C@]4(O)C[C@@H](N(C)C(=O)OCCN5CCOCC5)CC[C@]4(C)[C@H]2CC[C@]3(C)[C@H]1c1ccc(=O)oc1. The Hall–Kier alpha value is -2.47.